The van der Waals surface area contributed by atoms with Gasteiger partial charge in [0.2, 0.25) is 0 Å². The topological polar surface area (TPSA) is 51.9 Å². The highest BCUT2D eigenvalue weighted by molar-refractivity contribution is 4.96. The average molecular weight is 276 g/mol. The number of aromatic nitrogens is 3. The molecule has 2 heterocycles. The van der Waals surface area contributed by atoms with E-state index in [2.05, 4.69) is 10.4 Å². The van der Waals surface area contributed by atoms with Crippen molar-refractivity contribution < 1.29 is 0 Å². The van der Waals surface area contributed by atoms with Crippen molar-refractivity contribution in [3.05, 3.63) is 16.3 Å². The van der Waals surface area contributed by atoms with Crippen molar-refractivity contribution in [2.24, 2.45) is 11.8 Å². The lowest BCUT2D eigenvalue weighted by atomic mass is 10.1. The standard InChI is InChI=1S/C15H24N4O/c20-15-18-9-2-1-3-13(18)17-19(15)10-8-16-14(11-4-5-11)12-6-7-12/h11-12,14,16H,1-10H2. The Hall–Kier alpha value is -1.10. The molecule has 110 valence electrons. The van der Waals surface area contributed by atoms with Crippen LogP contribution in [-0.4, -0.2) is 26.9 Å². The fourth-order valence-electron chi connectivity index (χ4n) is 3.56. The molecule has 0 bridgehead atoms. The highest BCUT2D eigenvalue weighted by Crippen LogP contribution is 2.44. The highest BCUT2D eigenvalue weighted by Gasteiger charge is 2.40. The zero-order valence-electron chi connectivity index (χ0n) is 12.1. The zero-order valence-corrected chi connectivity index (χ0v) is 12.1. The SMILES string of the molecule is O=c1n(CCNC(C2CC2)C2CC2)nc2n1CCCC2. The number of nitrogens with one attached hydrogen (secondary N) is 1. The predicted octanol–water partition coefficient (Wildman–Crippen LogP) is 1.16. The largest absolute Gasteiger partial charge is 0.345 e. The lowest BCUT2D eigenvalue weighted by Gasteiger charge is -2.17. The molecule has 0 unspecified atom stereocenters. The van der Waals surface area contributed by atoms with Crippen LogP contribution in [0.25, 0.3) is 0 Å². The van der Waals surface area contributed by atoms with Gasteiger partial charge >= 0.3 is 5.69 Å². The van der Waals surface area contributed by atoms with Crippen LogP contribution >= 0.6 is 0 Å². The quantitative estimate of drug-likeness (QED) is 0.848. The molecule has 0 saturated heterocycles. The average Bonchev–Trinajstić information content (AvgIpc) is 3.36. The molecule has 0 amide bonds. The Morgan fingerprint density at radius 3 is 2.60 bits per heavy atom. The van der Waals surface area contributed by atoms with E-state index >= 15 is 0 Å². The Kier molecular flexibility index (Phi) is 3.17. The van der Waals surface area contributed by atoms with Gasteiger partial charge in [0.25, 0.3) is 0 Å². The fraction of sp³-hybridized carbons (Fsp3) is 0.867. The molecule has 1 aliphatic heterocycles. The molecule has 1 aromatic heterocycles. The number of hydrogen-bond donors (Lipinski definition) is 1. The number of fused-ring (bicyclic) bond motifs is 1. The third kappa shape index (κ3) is 2.43. The maximum Gasteiger partial charge on any atom is 0.345 e. The smallest absolute Gasteiger partial charge is 0.312 e. The summed E-state index contributed by atoms with van der Waals surface area (Å²) in [5.41, 5.74) is 0.0934. The molecule has 20 heavy (non-hydrogen) atoms. The molecule has 0 atom stereocenters. The minimum absolute atomic E-state index is 0.0934. The third-order valence-corrected chi connectivity index (χ3v) is 4.99. The van der Waals surface area contributed by atoms with E-state index in [4.69, 9.17) is 0 Å². The van der Waals surface area contributed by atoms with Crippen LogP contribution in [0.2, 0.25) is 0 Å². The van der Waals surface area contributed by atoms with Crippen molar-refractivity contribution in [1.29, 1.82) is 0 Å². The fourth-order valence-corrected chi connectivity index (χ4v) is 3.56. The van der Waals surface area contributed by atoms with E-state index in [0.29, 0.717) is 6.04 Å². The second kappa shape index (κ2) is 5.02. The molecule has 3 aliphatic rings. The Morgan fingerprint density at radius 2 is 1.95 bits per heavy atom. The van der Waals surface area contributed by atoms with Crippen LogP contribution in [0.15, 0.2) is 4.79 Å². The molecule has 5 nitrogen and oxygen atoms in total. The summed E-state index contributed by atoms with van der Waals surface area (Å²) in [5.74, 6) is 2.81. The molecule has 4 rings (SSSR count). The number of nitrogens with zero attached hydrogens (tertiary/aromatic N) is 3. The van der Waals surface area contributed by atoms with Crippen molar-refractivity contribution in [2.75, 3.05) is 6.54 Å². The van der Waals surface area contributed by atoms with E-state index in [1.165, 1.54) is 32.1 Å². The van der Waals surface area contributed by atoms with Crippen molar-refractivity contribution in [1.82, 2.24) is 19.7 Å². The van der Waals surface area contributed by atoms with E-state index in [9.17, 15) is 4.79 Å². The Morgan fingerprint density at radius 1 is 1.20 bits per heavy atom. The van der Waals surface area contributed by atoms with E-state index in [-0.39, 0.29) is 5.69 Å². The molecule has 0 spiro atoms. The van der Waals surface area contributed by atoms with Gasteiger partial charge in [0.05, 0.1) is 6.54 Å². The number of hydrogen-bond acceptors (Lipinski definition) is 3. The number of rotatable bonds is 6. The summed E-state index contributed by atoms with van der Waals surface area (Å²) in [6.45, 7) is 2.46. The van der Waals surface area contributed by atoms with E-state index in [0.717, 1.165) is 50.1 Å². The predicted molar refractivity (Wildman–Crippen MR) is 76.7 cm³/mol. The maximum absolute atomic E-state index is 12.2. The van der Waals surface area contributed by atoms with Crippen LogP contribution in [0.3, 0.4) is 0 Å². The Labute approximate surface area is 119 Å². The van der Waals surface area contributed by atoms with Gasteiger partial charge in [0, 0.05) is 25.6 Å². The summed E-state index contributed by atoms with van der Waals surface area (Å²) in [4.78, 5) is 12.2. The minimum atomic E-state index is 0.0934. The molecule has 0 radical (unpaired) electrons. The summed E-state index contributed by atoms with van der Waals surface area (Å²) >= 11 is 0. The summed E-state index contributed by atoms with van der Waals surface area (Å²) in [5, 5.41) is 8.19. The second-order valence-electron chi connectivity index (χ2n) is 6.69. The Bertz CT molecular complexity index is 527. The van der Waals surface area contributed by atoms with Gasteiger partial charge in [-0.15, -0.1) is 0 Å². The van der Waals surface area contributed by atoms with Crippen LogP contribution in [0.1, 0.15) is 44.3 Å². The van der Waals surface area contributed by atoms with Gasteiger partial charge in [-0.1, -0.05) is 0 Å². The van der Waals surface area contributed by atoms with Gasteiger partial charge in [-0.2, -0.15) is 5.10 Å². The lowest BCUT2D eigenvalue weighted by molar-refractivity contribution is 0.397. The molecule has 5 heteroatoms. The van der Waals surface area contributed by atoms with Gasteiger partial charge in [0.1, 0.15) is 5.82 Å². The molecule has 2 fully saturated rings. The first-order chi connectivity index (χ1) is 9.83. The van der Waals surface area contributed by atoms with Crippen LogP contribution in [0.4, 0.5) is 0 Å². The maximum atomic E-state index is 12.2. The van der Waals surface area contributed by atoms with Gasteiger partial charge < -0.3 is 5.32 Å². The van der Waals surface area contributed by atoms with Crippen LogP contribution in [-0.2, 0) is 19.5 Å². The van der Waals surface area contributed by atoms with Crippen molar-refractivity contribution in [3.63, 3.8) is 0 Å². The van der Waals surface area contributed by atoms with Gasteiger partial charge in [-0.05, 0) is 50.4 Å². The molecular weight excluding hydrogens is 252 g/mol. The highest BCUT2D eigenvalue weighted by atomic mass is 16.2. The molecule has 2 aliphatic carbocycles. The summed E-state index contributed by atoms with van der Waals surface area (Å²) in [6, 6.07) is 0.711. The second-order valence-corrected chi connectivity index (χ2v) is 6.69. The minimum Gasteiger partial charge on any atom is -0.312 e. The van der Waals surface area contributed by atoms with Gasteiger partial charge in [0.15, 0.2) is 0 Å². The van der Waals surface area contributed by atoms with Crippen molar-refractivity contribution in [3.8, 4) is 0 Å². The normalized spacial score (nSPS) is 22.2. The van der Waals surface area contributed by atoms with Gasteiger partial charge in [-0.3, -0.25) is 4.57 Å². The van der Waals surface area contributed by atoms with E-state index < -0.39 is 0 Å². The summed E-state index contributed by atoms with van der Waals surface area (Å²) in [7, 11) is 0. The molecule has 1 N–H and O–H groups in total. The van der Waals surface area contributed by atoms with Crippen LogP contribution in [0, 0.1) is 11.8 Å². The third-order valence-electron chi connectivity index (χ3n) is 4.99. The first-order valence-electron chi connectivity index (χ1n) is 8.23. The Balaban J connectivity index is 1.37. The van der Waals surface area contributed by atoms with Gasteiger partial charge in [-0.25, -0.2) is 9.48 Å². The molecule has 0 aromatic carbocycles. The first-order valence-corrected chi connectivity index (χ1v) is 8.23. The monoisotopic (exact) mass is 276 g/mol. The summed E-state index contributed by atoms with van der Waals surface area (Å²) in [6.07, 6.45) is 8.82. The van der Waals surface area contributed by atoms with Crippen molar-refractivity contribution >= 4 is 0 Å². The molecule has 1 aromatic rings. The molecule has 2 saturated carbocycles. The zero-order chi connectivity index (χ0) is 13.5. The first kappa shape index (κ1) is 12.6. The van der Waals surface area contributed by atoms with Crippen LogP contribution in [0.5, 0.6) is 0 Å². The van der Waals surface area contributed by atoms with E-state index in [1.54, 1.807) is 4.68 Å². The summed E-state index contributed by atoms with van der Waals surface area (Å²) < 4.78 is 3.53. The van der Waals surface area contributed by atoms with Crippen molar-refractivity contribution in [2.45, 2.75) is 64.1 Å². The number of aryl methyl sites for hydroxylation is 1. The van der Waals surface area contributed by atoms with Crippen LogP contribution < -0.4 is 11.0 Å². The molecular formula is C15H24N4O. The lowest BCUT2D eigenvalue weighted by Crippen LogP contribution is -2.37. The van der Waals surface area contributed by atoms with E-state index in [1.807, 2.05) is 4.57 Å².